The van der Waals surface area contributed by atoms with E-state index >= 15 is 0 Å². The molecule has 1 N–H and O–H groups in total. The van der Waals surface area contributed by atoms with Crippen LogP contribution in [0, 0.1) is 0 Å². The minimum Gasteiger partial charge on any atom is -0.308 e. The first-order valence-corrected chi connectivity index (χ1v) is 6.26. The molecule has 2 rings (SSSR count). The fraction of sp³-hybridized carbons (Fsp3) is 0.417. The van der Waals surface area contributed by atoms with Crippen LogP contribution in [0.1, 0.15) is 25.2 Å². The van der Waals surface area contributed by atoms with Crippen molar-refractivity contribution in [2.24, 2.45) is 0 Å². The summed E-state index contributed by atoms with van der Waals surface area (Å²) < 4.78 is 1.78. The van der Waals surface area contributed by atoms with E-state index in [0.717, 1.165) is 16.4 Å². The van der Waals surface area contributed by atoms with E-state index in [0.29, 0.717) is 19.1 Å². The van der Waals surface area contributed by atoms with E-state index in [-0.39, 0.29) is 0 Å². The van der Waals surface area contributed by atoms with Gasteiger partial charge >= 0.3 is 0 Å². The SMILES string of the molecule is CC(C)NCc1nnnn1Cc1cccc(Cl)c1. The molecule has 0 aliphatic rings. The summed E-state index contributed by atoms with van der Waals surface area (Å²) >= 11 is 5.95. The fourth-order valence-corrected chi connectivity index (χ4v) is 1.79. The van der Waals surface area contributed by atoms with Crippen LogP contribution in [-0.2, 0) is 13.1 Å². The summed E-state index contributed by atoms with van der Waals surface area (Å²) in [5, 5.41) is 15.7. The highest BCUT2D eigenvalue weighted by Gasteiger charge is 2.07. The van der Waals surface area contributed by atoms with Gasteiger partial charge in [-0.05, 0) is 28.1 Å². The highest BCUT2D eigenvalue weighted by molar-refractivity contribution is 6.30. The summed E-state index contributed by atoms with van der Waals surface area (Å²) in [5.74, 6) is 0.823. The van der Waals surface area contributed by atoms with Gasteiger partial charge in [0.25, 0.3) is 0 Å². The first kappa shape index (κ1) is 13.0. The van der Waals surface area contributed by atoms with Crippen molar-refractivity contribution < 1.29 is 0 Å². The average molecular weight is 266 g/mol. The molecule has 2 aromatic rings. The van der Waals surface area contributed by atoms with Gasteiger partial charge in [-0.1, -0.05) is 37.6 Å². The third-order valence-corrected chi connectivity index (χ3v) is 2.73. The number of benzene rings is 1. The third-order valence-electron chi connectivity index (χ3n) is 2.50. The van der Waals surface area contributed by atoms with E-state index < -0.39 is 0 Å². The van der Waals surface area contributed by atoms with Gasteiger partial charge in [-0.15, -0.1) is 5.10 Å². The molecule has 5 nitrogen and oxygen atoms in total. The minimum atomic E-state index is 0.404. The van der Waals surface area contributed by atoms with Gasteiger partial charge in [0.15, 0.2) is 5.82 Å². The lowest BCUT2D eigenvalue weighted by Gasteiger charge is -2.08. The molecule has 0 atom stereocenters. The van der Waals surface area contributed by atoms with E-state index in [9.17, 15) is 0 Å². The zero-order valence-electron chi connectivity index (χ0n) is 10.5. The van der Waals surface area contributed by atoms with Gasteiger partial charge in [0.05, 0.1) is 13.1 Å². The molecule has 6 heteroatoms. The molecule has 0 spiro atoms. The average Bonchev–Trinajstić information content (AvgIpc) is 2.74. The van der Waals surface area contributed by atoms with Gasteiger partial charge in [0.2, 0.25) is 0 Å². The van der Waals surface area contributed by atoms with E-state index in [1.165, 1.54) is 0 Å². The number of nitrogens with zero attached hydrogens (tertiary/aromatic N) is 4. The Hall–Kier alpha value is -1.46. The largest absolute Gasteiger partial charge is 0.308 e. The van der Waals surface area contributed by atoms with Crippen LogP contribution in [0.3, 0.4) is 0 Å². The van der Waals surface area contributed by atoms with E-state index in [2.05, 4.69) is 34.7 Å². The van der Waals surface area contributed by atoms with Crippen LogP contribution in [0.15, 0.2) is 24.3 Å². The predicted octanol–water partition coefficient (Wildman–Crippen LogP) is 1.87. The lowest BCUT2D eigenvalue weighted by Crippen LogP contribution is -2.24. The number of nitrogens with one attached hydrogen (secondary N) is 1. The highest BCUT2D eigenvalue weighted by atomic mass is 35.5. The van der Waals surface area contributed by atoms with Gasteiger partial charge in [0.1, 0.15) is 0 Å². The number of tetrazole rings is 1. The van der Waals surface area contributed by atoms with Crippen LogP contribution >= 0.6 is 11.6 Å². The summed E-state index contributed by atoms with van der Waals surface area (Å²) in [6.07, 6.45) is 0. The van der Waals surface area contributed by atoms with Crippen LogP contribution in [0.2, 0.25) is 5.02 Å². The molecule has 1 aromatic heterocycles. The summed E-state index contributed by atoms with van der Waals surface area (Å²) in [5.41, 5.74) is 1.08. The Balaban J connectivity index is 2.07. The standard InChI is InChI=1S/C12H16ClN5/c1-9(2)14-7-12-15-16-17-18(12)8-10-4-3-5-11(13)6-10/h3-6,9,14H,7-8H2,1-2H3. The van der Waals surface area contributed by atoms with Crippen molar-refractivity contribution in [1.82, 2.24) is 25.5 Å². The van der Waals surface area contributed by atoms with Crippen LogP contribution in [0.25, 0.3) is 0 Å². The summed E-state index contributed by atoms with van der Waals surface area (Å²) in [6.45, 7) is 5.46. The van der Waals surface area contributed by atoms with Crippen molar-refractivity contribution in [3.63, 3.8) is 0 Å². The zero-order valence-corrected chi connectivity index (χ0v) is 11.2. The first-order valence-electron chi connectivity index (χ1n) is 5.88. The molecule has 1 aromatic carbocycles. The topological polar surface area (TPSA) is 55.6 Å². The number of hydrogen-bond donors (Lipinski definition) is 1. The van der Waals surface area contributed by atoms with E-state index in [1.807, 2.05) is 24.3 Å². The predicted molar refractivity (Wildman–Crippen MR) is 70.3 cm³/mol. The van der Waals surface area contributed by atoms with Crippen molar-refractivity contribution in [2.75, 3.05) is 0 Å². The second-order valence-electron chi connectivity index (χ2n) is 4.42. The Bertz CT molecular complexity index is 509. The molecule has 0 bridgehead atoms. The smallest absolute Gasteiger partial charge is 0.165 e. The Morgan fingerprint density at radius 2 is 2.22 bits per heavy atom. The summed E-state index contributed by atoms with van der Waals surface area (Å²) in [7, 11) is 0. The second kappa shape index (κ2) is 5.93. The van der Waals surface area contributed by atoms with E-state index in [4.69, 9.17) is 11.6 Å². The second-order valence-corrected chi connectivity index (χ2v) is 4.85. The van der Waals surface area contributed by atoms with Crippen LogP contribution < -0.4 is 5.32 Å². The number of halogens is 1. The quantitative estimate of drug-likeness (QED) is 0.897. The molecule has 0 radical (unpaired) electrons. The molecule has 0 aliphatic carbocycles. The lowest BCUT2D eigenvalue weighted by molar-refractivity contribution is 0.537. The van der Waals surface area contributed by atoms with Crippen molar-refractivity contribution in [1.29, 1.82) is 0 Å². The normalized spacial score (nSPS) is 11.1. The van der Waals surface area contributed by atoms with Crippen LogP contribution in [-0.4, -0.2) is 26.2 Å². The highest BCUT2D eigenvalue weighted by Crippen LogP contribution is 2.11. The number of rotatable bonds is 5. The monoisotopic (exact) mass is 265 g/mol. The maximum Gasteiger partial charge on any atom is 0.165 e. The first-order chi connectivity index (χ1) is 8.65. The third kappa shape index (κ3) is 3.51. The summed E-state index contributed by atoms with van der Waals surface area (Å²) in [6, 6.07) is 8.11. The summed E-state index contributed by atoms with van der Waals surface area (Å²) in [4.78, 5) is 0. The zero-order chi connectivity index (χ0) is 13.0. The maximum absolute atomic E-state index is 5.95. The Morgan fingerprint density at radius 3 is 2.94 bits per heavy atom. The molecule has 0 aliphatic heterocycles. The molecule has 0 fully saturated rings. The van der Waals surface area contributed by atoms with Crippen molar-refractivity contribution >= 4 is 11.6 Å². The van der Waals surface area contributed by atoms with Gasteiger partial charge in [0, 0.05) is 11.1 Å². The molecule has 0 unspecified atom stereocenters. The molecular weight excluding hydrogens is 250 g/mol. The van der Waals surface area contributed by atoms with Crippen molar-refractivity contribution in [2.45, 2.75) is 33.0 Å². The van der Waals surface area contributed by atoms with Crippen molar-refractivity contribution in [3.05, 3.63) is 40.7 Å². The fourth-order valence-electron chi connectivity index (χ4n) is 1.58. The number of aromatic nitrogens is 4. The van der Waals surface area contributed by atoms with E-state index in [1.54, 1.807) is 4.68 Å². The van der Waals surface area contributed by atoms with Gasteiger partial charge in [-0.2, -0.15) is 0 Å². The maximum atomic E-state index is 5.95. The molecule has 0 saturated heterocycles. The lowest BCUT2D eigenvalue weighted by atomic mass is 10.2. The number of hydrogen-bond acceptors (Lipinski definition) is 4. The van der Waals surface area contributed by atoms with Gasteiger partial charge in [-0.3, -0.25) is 0 Å². The minimum absolute atomic E-state index is 0.404. The van der Waals surface area contributed by atoms with Gasteiger partial charge < -0.3 is 5.32 Å². The Morgan fingerprint density at radius 1 is 1.39 bits per heavy atom. The van der Waals surface area contributed by atoms with Crippen LogP contribution in [0.4, 0.5) is 0 Å². The Labute approximate surface area is 111 Å². The van der Waals surface area contributed by atoms with Gasteiger partial charge in [-0.25, -0.2) is 4.68 Å². The molecule has 18 heavy (non-hydrogen) atoms. The molecule has 96 valence electrons. The molecular formula is C12H16ClN5. The molecule has 0 saturated carbocycles. The Kier molecular flexibility index (Phi) is 4.28. The molecule has 1 heterocycles. The molecule has 0 amide bonds. The van der Waals surface area contributed by atoms with Crippen LogP contribution in [0.5, 0.6) is 0 Å². The van der Waals surface area contributed by atoms with Crippen molar-refractivity contribution in [3.8, 4) is 0 Å².